The number of phenols is 1. The first-order valence-electron chi connectivity index (χ1n) is 6.49. The molecule has 0 aliphatic carbocycles. The highest BCUT2D eigenvalue weighted by Gasteiger charge is 2.11. The van der Waals surface area contributed by atoms with E-state index in [0.29, 0.717) is 23.6 Å². The summed E-state index contributed by atoms with van der Waals surface area (Å²) in [4.78, 5) is 0. The molecule has 2 N–H and O–H groups in total. The molecule has 0 saturated heterocycles. The molecule has 0 amide bonds. The normalized spacial score (nSPS) is 10.3. The van der Waals surface area contributed by atoms with E-state index < -0.39 is 0 Å². The molecule has 0 bridgehead atoms. The molecular weight excluding hydrogens is 273 g/mol. The minimum atomic E-state index is -0.228. The summed E-state index contributed by atoms with van der Waals surface area (Å²) in [5.41, 5.74) is 2.28. The molecule has 0 atom stereocenters. The molecule has 21 heavy (non-hydrogen) atoms. The van der Waals surface area contributed by atoms with Gasteiger partial charge in [0.05, 0.1) is 14.2 Å². The van der Waals surface area contributed by atoms with Crippen molar-refractivity contribution >= 4 is 5.69 Å². The minimum Gasteiger partial charge on any atom is -0.502 e. The molecule has 0 aliphatic rings. The highest BCUT2D eigenvalue weighted by molar-refractivity contribution is 5.54. The van der Waals surface area contributed by atoms with Crippen LogP contribution in [0.5, 0.6) is 17.2 Å². The number of nitrogens with one attached hydrogen (secondary N) is 1. The van der Waals surface area contributed by atoms with Gasteiger partial charge in [-0.1, -0.05) is 0 Å². The Bertz CT molecular complexity index is 618. The summed E-state index contributed by atoms with van der Waals surface area (Å²) in [5, 5.41) is 13.0. The Morgan fingerprint density at radius 1 is 1.10 bits per heavy atom. The van der Waals surface area contributed by atoms with Gasteiger partial charge in [-0.25, -0.2) is 4.39 Å². The first-order chi connectivity index (χ1) is 10.0. The SMILES string of the molecule is COc1cc(CNc2ccc(F)c(C)c2)cc(OC)c1O. The van der Waals surface area contributed by atoms with Crippen molar-refractivity contribution in [2.45, 2.75) is 13.5 Å². The van der Waals surface area contributed by atoms with Gasteiger partial charge in [0.2, 0.25) is 5.75 Å². The van der Waals surface area contributed by atoms with Gasteiger partial charge in [-0.05, 0) is 48.4 Å². The molecule has 4 nitrogen and oxygen atoms in total. The van der Waals surface area contributed by atoms with E-state index in [1.165, 1.54) is 20.3 Å². The van der Waals surface area contributed by atoms with Gasteiger partial charge in [0, 0.05) is 12.2 Å². The Morgan fingerprint density at radius 3 is 2.24 bits per heavy atom. The number of anilines is 1. The fourth-order valence-electron chi connectivity index (χ4n) is 2.01. The standard InChI is InChI=1S/C16H18FNO3/c1-10-6-12(4-5-13(10)17)18-9-11-7-14(20-2)16(19)15(8-11)21-3/h4-8,18-19H,9H2,1-3H3. The molecule has 5 heteroatoms. The molecule has 0 aromatic heterocycles. The molecule has 0 aliphatic heterocycles. The van der Waals surface area contributed by atoms with Crippen molar-refractivity contribution in [1.29, 1.82) is 0 Å². The Kier molecular flexibility index (Phi) is 4.52. The lowest BCUT2D eigenvalue weighted by Crippen LogP contribution is -2.01. The number of phenolic OH excluding ortho intramolecular Hbond substituents is 1. The highest BCUT2D eigenvalue weighted by atomic mass is 19.1. The van der Waals surface area contributed by atoms with Crippen molar-refractivity contribution in [3.8, 4) is 17.2 Å². The number of rotatable bonds is 5. The van der Waals surface area contributed by atoms with Gasteiger partial charge in [0.1, 0.15) is 5.82 Å². The first-order valence-corrected chi connectivity index (χ1v) is 6.49. The van der Waals surface area contributed by atoms with Gasteiger partial charge < -0.3 is 19.9 Å². The summed E-state index contributed by atoms with van der Waals surface area (Å²) < 4.78 is 23.4. The Balaban J connectivity index is 2.17. The quantitative estimate of drug-likeness (QED) is 0.885. The van der Waals surface area contributed by atoms with Crippen molar-refractivity contribution in [1.82, 2.24) is 0 Å². The third kappa shape index (κ3) is 3.37. The molecule has 112 valence electrons. The summed E-state index contributed by atoms with van der Waals surface area (Å²) in [6, 6.07) is 8.29. The predicted molar refractivity (Wildman–Crippen MR) is 79.7 cm³/mol. The van der Waals surface area contributed by atoms with Crippen LogP contribution in [0, 0.1) is 12.7 Å². The highest BCUT2D eigenvalue weighted by Crippen LogP contribution is 2.37. The topological polar surface area (TPSA) is 50.7 Å². The van der Waals surface area contributed by atoms with Crippen LogP contribution in [0.4, 0.5) is 10.1 Å². The number of hydrogen-bond acceptors (Lipinski definition) is 4. The molecule has 0 spiro atoms. The number of aryl methyl sites for hydroxylation is 1. The van der Waals surface area contributed by atoms with E-state index in [9.17, 15) is 9.50 Å². The van der Waals surface area contributed by atoms with Crippen LogP contribution < -0.4 is 14.8 Å². The van der Waals surface area contributed by atoms with Crippen molar-refractivity contribution in [2.24, 2.45) is 0 Å². The average Bonchev–Trinajstić information content (AvgIpc) is 2.49. The predicted octanol–water partition coefficient (Wildman–Crippen LogP) is 3.47. The number of hydrogen-bond donors (Lipinski definition) is 2. The van der Waals surface area contributed by atoms with Crippen LogP contribution in [-0.2, 0) is 6.54 Å². The smallest absolute Gasteiger partial charge is 0.200 e. The summed E-state index contributed by atoms with van der Waals surface area (Å²) in [7, 11) is 2.96. The van der Waals surface area contributed by atoms with Gasteiger partial charge >= 0.3 is 0 Å². The van der Waals surface area contributed by atoms with Crippen LogP contribution in [0.15, 0.2) is 30.3 Å². The maximum atomic E-state index is 13.2. The van der Waals surface area contributed by atoms with E-state index in [4.69, 9.17) is 9.47 Å². The maximum absolute atomic E-state index is 13.2. The second-order valence-corrected chi connectivity index (χ2v) is 4.67. The van der Waals surface area contributed by atoms with Crippen LogP contribution >= 0.6 is 0 Å². The lowest BCUT2D eigenvalue weighted by atomic mass is 10.1. The first kappa shape index (κ1) is 15.0. The molecule has 2 rings (SSSR count). The zero-order valence-electron chi connectivity index (χ0n) is 12.2. The molecule has 0 fully saturated rings. The monoisotopic (exact) mass is 291 g/mol. The molecule has 2 aromatic rings. The van der Waals surface area contributed by atoms with Crippen molar-refractivity contribution in [3.05, 3.63) is 47.3 Å². The number of aromatic hydroxyl groups is 1. The largest absolute Gasteiger partial charge is 0.502 e. The fourth-order valence-corrected chi connectivity index (χ4v) is 2.01. The summed E-state index contributed by atoms with van der Waals surface area (Å²) in [6.07, 6.45) is 0. The Hall–Kier alpha value is -2.43. The van der Waals surface area contributed by atoms with Crippen LogP contribution in [0.2, 0.25) is 0 Å². The van der Waals surface area contributed by atoms with Gasteiger partial charge in [-0.15, -0.1) is 0 Å². The van der Waals surface area contributed by atoms with Crippen LogP contribution in [0.1, 0.15) is 11.1 Å². The summed E-state index contributed by atoms with van der Waals surface area (Å²) >= 11 is 0. The molecule has 0 radical (unpaired) electrons. The van der Waals surface area contributed by atoms with E-state index in [1.54, 1.807) is 31.2 Å². The molecule has 0 heterocycles. The lowest BCUT2D eigenvalue weighted by molar-refractivity contribution is 0.339. The second kappa shape index (κ2) is 6.35. The van der Waals surface area contributed by atoms with Crippen LogP contribution in [0.3, 0.4) is 0 Å². The number of halogens is 1. The Labute approximate surface area is 123 Å². The summed E-state index contributed by atoms with van der Waals surface area (Å²) in [5.74, 6) is 0.442. The minimum absolute atomic E-state index is 0.0265. The van der Waals surface area contributed by atoms with E-state index in [0.717, 1.165) is 11.3 Å². The zero-order valence-corrected chi connectivity index (χ0v) is 12.2. The van der Waals surface area contributed by atoms with Crippen LogP contribution in [-0.4, -0.2) is 19.3 Å². The van der Waals surface area contributed by atoms with Gasteiger partial charge in [0.15, 0.2) is 11.5 Å². The Morgan fingerprint density at radius 2 is 1.71 bits per heavy atom. The molecular formula is C16H18FNO3. The maximum Gasteiger partial charge on any atom is 0.200 e. The number of ether oxygens (including phenoxy) is 2. The number of benzene rings is 2. The molecule has 2 aromatic carbocycles. The van der Waals surface area contributed by atoms with E-state index in [1.807, 2.05) is 0 Å². The van der Waals surface area contributed by atoms with Gasteiger partial charge in [0.25, 0.3) is 0 Å². The lowest BCUT2D eigenvalue weighted by Gasteiger charge is -2.12. The average molecular weight is 291 g/mol. The van der Waals surface area contributed by atoms with E-state index in [-0.39, 0.29) is 11.6 Å². The molecule has 0 saturated carbocycles. The van der Waals surface area contributed by atoms with Crippen molar-refractivity contribution in [2.75, 3.05) is 19.5 Å². The third-order valence-corrected chi connectivity index (χ3v) is 3.19. The van der Waals surface area contributed by atoms with E-state index >= 15 is 0 Å². The summed E-state index contributed by atoms with van der Waals surface area (Å²) in [6.45, 7) is 2.21. The fraction of sp³-hybridized carbons (Fsp3) is 0.250. The third-order valence-electron chi connectivity index (χ3n) is 3.19. The van der Waals surface area contributed by atoms with Crippen LogP contribution in [0.25, 0.3) is 0 Å². The molecule has 0 unspecified atom stereocenters. The zero-order chi connectivity index (χ0) is 15.4. The van der Waals surface area contributed by atoms with Gasteiger partial charge in [-0.3, -0.25) is 0 Å². The second-order valence-electron chi connectivity index (χ2n) is 4.67. The number of methoxy groups -OCH3 is 2. The van der Waals surface area contributed by atoms with Gasteiger partial charge in [-0.2, -0.15) is 0 Å². The van der Waals surface area contributed by atoms with E-state index in [2.05, 4.69) is 5.32 Å². The van der Waals surface area contributed by atoms with Crippen molar-refractivity contribution < 1.29 is 19.0 Å². The van der Waals surface area contributed by atoms with Crippen molar-refractivity contribution in [3.63, 3.8) is 0 Å².